The molecule has 0 saturated heterocycles. The van der Waals surface area contributed by atoms with Crippen molar-refractivity contribution >= 4 is 11.9 Å². The Morgan fingerprint density at radius 1 is 1.32 bits per heavy atom. The lowest BCUT2D eigenvalue weighted by Crippen LogP contribution is -2.48. The molecule has 0 aliphatic carbocycles. The van der Waals surface area contributed by atoms with Crippen molar-refractivity contribution < 1.29 is 24.5 Å². The number of benzene rings is 1. The average molecular weight is 267 g/mol. The Kier molecular flexibility index (Phi) is 5.98. The van der Waals surface area contributed by atoms with Gasteiger partial charge in [-0.25, -0.2) is 4.79 Å². The van der Waals surface area contributed by atoms with E-state index in [9.17, 15) is 14.7 Å². The van der Waals surface area contributed by atoms with Gasteiger partial charge in [-0.3, -0.25) is 4.79 Å². The normalized spacial score (nSPS) is 13.6. The smallest absolute Gasteiger partial charge is 0.328 e. The van der Waals surface area contributed by atoms with E-state index in [2.05, 4.69) is 5.32 Å². The molecule has 2 atom stereocenters. The minimum Gasteiger partial charge on any atom is -0.480 e. The number of rotatable bonds is 7. The van der Waals surface area contributed by atoms with Crippen molar-refractivity contribution in [3.05, 3.63) is 35.9 Å². The third-order valence-electron chi connectivity index (χ3n) is 2.41. The van der Waals surface area contributed by atoms with Crippen LogP contribution in [0.25, 0.3) is 0 Å². The summed E-state index contributed by atoms with van der Waals surface area (Å²) < 4.78 is 5.16. The Hall–Kier alpha value is -1.92. The summed E-state index contributed by atoms with van der Waals surface area (Å²) in [6, 6.07) is 7.96. The largest absolute Gasteiger partial charge is 0.480 e. The SMILES string of the molecule is C[C@@H](O)[C@H](NC(=O)COCc1ccccc1)C(=O)O. The maximum atomic E-state index is 11.4. The van der Waals surface area contributed by atoms with Crippen LogP contribution in [0.1, 0.15) is 12.5 Å². The standard InChI is InChI=1S/C13H17NO5/c1-9(15)12(13(17)18)14-11(16)8-19-7-10-5-3-2-4-6-10/h2-6,9,12,15H,7-8H2,1H3,(H,14,16)(H,17,18)/t9-,12+/m1/s1. The molecule has 0 bridgehead atoms. The minimum atomic E-state index is -1.33. The van der Waals surface area contributed by atoms with Crippen molar-refractivity contribution in [2.75, 3.05) is 6.61 Å². The van der Waals surface area contributed by atoms with Crippen molar-refractivity contribution in [1.82, 2.24) is 5.32 Å². The van der Waals surface area contributed by atoms with Gasteiger partial charge in [0.25, 0.3) is 0 Å². The summed E-state index contributed by atoms with van der Waals surface area (Å²) in [5.74, 6) is -1.87. The van der Waals surface area contributed by atoms with Gasteiger partial charge >= 0.3 is 5.97 Å². The molecule has 6 heteroatoms. The van der Waals surface area contributed by atoms with E-state index in [0.717, 1.165) is 5.56 Å². The van der Waals surface area contributed by atoms with Crippen molar-refractivity contribution in [3.8, 4) is 0 Å². The summed E-state index contributed by atoms with van der Waals surface area (Å²) in [6.07, 6.45) is -1.17. The molecule has 0 saturated carbocycles. The molecule has 0 spiro atoms. The third-order valence-corrected chi connectivity index (χ3v) is 2.41. The third kappa shape index (κ3) is 5.50. The second-order valence-corrected chi connectivity index (χ2v) is 4.10. The fourth-order valence-corrected chi connectivity index (χ4v) is 1.44. The number of hydrogen-bond donors (Lipinski definition) is 3. The zero-order chi connectivity index (χ0) is 14.3. The molecule has 0 heterocycles. The topological polar surface area (TPSA) is 95.9 Å². The first-order valence-electron chi connectivity index (χ1n) is 5.82. The van der Waals surface area contributed by atoms with Crippen LogP contribution in [0.15, 0.2) is 30.3 Å². The molecule has 1 aromatic carbocycles. The van der Waals surface area contributed by atoms with Crippen LogP contribution >= 0.6 is 0 Å². The molecule has 6 nitrogen and oxygen atoms in total. The second-order valence-electron chi connectivity index (χ2n) is 4.10. The molecule has 0 unspecified atom stereocenters. The molecule has 0 aliphatic heterocycles. The minimum absolute atomic E-state index is 0.259. The summed E-state index contributed by atoms with van der Waals surface area (Å²) in [7, 11) is 0. The van der Waals surface area contributed by atoms with Crippen LogP contribution in [0.2, 0.25) is 0 Å². The van der Waals surface area contributed by atoms with Crippen molar-refractivity contribution in [2.24, 2.45) is 0 Å². The second kappa shape index (κ2) is 7.50. The number of carbonyl (C=O) groups excluding carboxylic acids is 1. The van der Waals surface area contributed by atoms with E-state index < -0.39 is 24.0 Å². The number of aliphatic carboxylic acids is 1. The molecule has 0 fully saturated rings. The van der Waals surface area contributed by atoms with E-state index in [1.54, 1.807) is 0 Å². The summed E-state index contributed by atoms with van der Waals surface area (Å²) in [5, 5.41) is 20.2. The van der Waals surface area contributed by atoms with Crippen LogP contribution in [0.5, 0.6) is 0 Å². The number of hydrogen-bond acceptors (Lipinski definition) is 4. The lowest BCUT2D eigenvalue weighted by molar-refractivity contribution is -0.145. The number of aliphatic hydroxyl groups excluding tert-OH is 1. The van der Waals surface area contributed by atoms with Crippen LogP contribution in [-0.4, -0.2) is 40.8 Å². The first kappa shape index (κ1) is 15.1. The van der Waals surface area contributed by atoms with E-state index in [4.69, 9.17) is 9.84 Å². The number of nitrogens with one attached hydrogen (secondary N) is 1. The Morgan fingerprint density at radius 3 is 2.47 bits per heavy atom. The zero-order valence-electron chi connectivity index (χ0n) is 10.6. The predicted octanol–water partition coefficient (Wildman–Crippen LogP) is 0.153. The number of carboxylic acid groups (broad SMARTS) is 1. The number of ether oxygens (including phenoxy) is 1. The molecule has 1 aromatic rings. The highest BCUT2D eigenvalue weighted by atomic mass is 16.5. The lowest BCUT2D eigenvalue weighted by Gasteiger charge is -2.16. The predicted molar refractivity (Wildman–Crippen MR) is 67.3 cm³/mol. The van der Waals surface area contributed by atoms with E-state index in [1.165, 1.54) is 6.92 Å². The van der Waals surface area contributed by atoms with Crippen molar-refractivity contribution in [2.45, 2.75) is 25.7 Å². The van der Waals surface area contributed by atoms with Gasteiger partial charge in [-0.1, -0.05) is 30.3 Å². The van der Waals surface area contributed by atoms with Crippen LogP contribution in [0, 0.1) is 0 Å². The van der Waals surface area contributed by atoms with Gasteiger partial charge in [0.1, 0.15) is 6.61 Å². The summed E-state index contributed by atoms with van der Waals surface area (Å²) in [6.45, 7) is 1.30. The molecular formula is C13H17NO5. The summed E-state index contributed by atoms with van der Waals surface area (Å²) >= 11 is 0. The molecular weight excluding hydrogens is 250 g/mol. The molecule has 0 radical (unpaired) electrons. The number of carbonyl (C=O) groups is 2. The van der Waals surface area contributed by atoms with Gasteiger partial charge in [0.05, 0.1) is 12.7 Å². The van der Waals surface area contributed by atoms with Crippen molar-refractivity contribution in [3.63, 3.8) is 0 Å². The molecule has 3 N–H and O–H groups in total. The Balaban J connectivity index is 2.33. The first-order chi connectivity index (χ1) is 9.00. The zero-order valence-corrected chi connectivity index (χ0v) is 10.6. The van der Waals surface area contributed by atoms with Gasteiger partial charge in [-0.15, -0.1) is 0 Å². The fraction of sp³-hybridized carbons (Fsp3) is 0.385. The maximum Gasteiger partial charge on any atom is 0.328 e. The van der Waals surface area contributed by atoms with Gasteiger partial charge in [0.2, 0.25) is 5.91 Å². The van der Waals surface area contributed by atoms with Crippen LogP contribution in [-0.2, 0) is 20.9 Å². The quantitative estimate of drug-likeness (QED) is 0.653. The molecule has 0 aromatic heterocycles. The fourth-order valence-electron chi connectivity index (χ4n) is 1.44. The highest BCUT2D eigenvalue weighted by Crippen LogP contribution is 2.00. The molecule has 1 amide bonds. The Morgan fingerprint density at radius 2 is 1.95 bits per heavy atom. The molecule has 0 aliphatic rings. The van der Waals surface area contributed by atoms with Crippen LogP contribution < -0.4 is 5.32 Å². The van der Waals surface area contributed by atoms with Gasteiger partial charge in [-0.2, -0.15) is 0 Å². The van der Waals surface area contributed by atoms with E-state index in [-0.39, 0.29) is 13.2 Å². The van der Waals surface area contributed by atoms with Gasteiger partial charge < -0.3 is 20.3 Å². The van der Waals surface area contributed by atoms with Gasteiger partial charge in [0, 0.05) is 0 Å². The Labute approximate surface area is 111 Å². The van der Waals surface area contributed by atoms with E-state index in [1.807, 2.05) is 30.3 Å². The van der Waals surface area contributed by atoms with E-state index >= 15 is 0 Å². The van der Waals surface area contributed by atoms with Crippen LogP contribution in [0.4, 0.5) is 0 Å². The van der Waals surface area contributed by atoms with Gasteiger partial charge in [-0.05, 0) is 12.5 Å². The van der Waals surface area contributed by atoms with Gasteiger partial charge in [0.15, 0.2) is 6.04 Å². The molecule has 104 valence electrons. The maximum absolute atomic E-state index is 11.4. The van der Waals surface area contributed by atoms with Crippen LogP contribution in [0.3, 0.4) is 0 Å². The monoisotopic (exact) mass is 267 g/mol. The highest BCUT2D eigenvalue weighted by molar-refractivity contribution is 5.84. The molecule has 19 heavy (non-hydrogen) atoms. The average Bonchev–Trinajstić information content (AvgIpc) is 2.36. The summed E-state index contributed by atoms with van der Waals surface area (Å²) in [4.78, 5) is 22.2. The summed E-state index contributed by atoms with van der Waals surface area (Å²) in [5.41, 5.74) is 0.917. The molecule has 1 rings (SSSR count). The number of amides is 1. The lowest BCUT2D eigenvalue weighted by atomic mass is 10.2. The number of carboxylic acids is 1. The van der Waals surface area contributed by atoms with Crippen molar-refractivity contribution in [1.29, 1.82) is 0 Å². The Bertz CT molecular complexity index is 418. The van der Waals surface area contributed by atoms with E-state index in [0.29, 0.717) is 0 Å². The number of aliphatic hydroxyl groups is 1. The highest BCUT2D eigenvalue weighted by Gasteiger charge is 2.24. The first-order valence-corrected chi connectivity index (χ1v) is 5.82.